The molecule has 0 aromatic heterocycles. The largest absolute Gasteiger partial charge is 0.352 e. The number of amides is 1. The second-order valence-electron chi connectivity index (χ2n) is 8.81. The van der Waals surface area contributed by atoms with Gasteiger partial charge in [-0.1, -0.05) is 31.5 Å². The van der Waals surface area contributed by atoms with Gasteiger partial charge in [-0.3, -0.25) is 9.52 Å². The number of nitrogens with one attached hydrogen (secondary N) is 2. The van der Waals surface area contributed by atoms with Crippen molar-refractivity contribution >= 4 is 21.6 Å². The van der Waals surface area contributed by atoms with Crippen molar-refractivity contribution < 1.29 is 13.2 Å². The van der Waals surface area contributed by atoms with Gasteiger partial charge in [0.1, 0.15) is 0 Å². The number of hydrogen-bond donors (Lipinski definition) is 2. The zero-order valence-corrected chi connectivity index (χ0v) is 19.4. The summed E-state index contributed by atoms with van der Waals surface area (Å²) in [7, 11) is -3.65. The van der Waals surface area contributed by atoms with Gasteiger partial charge in [0.25, 0.3) is 15.9 Å². The molecule has 1 heterocycles. The highest BCUT2D eigenvalue weighted by Gasteiger charge is 2.21. The first-order valence-electron chi connectivity index (χ1n) is 10.9. The second-order valence-corrected chi connectivity index (χ2v) is 10.5. The van der Waals surface area contributed by atoms with E-state index >= 15 is 0 Å². The standard InChI is InChI=1S/C24H33N3O3S/c1-18-5-11-23(12-6-18)31(29,30)26-22-9-7-21(8-10-22)24(28)25-13-4-14-27-16-19(2)15-20(3)17-27/h5-12,19-20,26H,4,13-17H2,1-3H3,(H,25,28)/t19-,20-/m0/s1. The van der Waals surface area contributed by atoms with Crippen LogP contribution in [0.25, 0.3) is 0 Å². The molecule has 0 saturated carbocycles. The third-order valence-electron chi connectivity index (χ3n) is 5.61. The molecule has 168 valence electrons. The minimum atomic E-state index is -3.65. The summed E-state index contributed by atoms with van der Waals surface area (Å²) in [5.41, 5.74) is 1.93. The minimum Gasteiger partial charge on any atom is -0.352 e. The monoisotopic (exact) mass is 443 g/mol. The Labute approximate surface area is 186 Å². The van der Waals surface area contributed by atoms with Crippen LogP contribution in [0.2, 0.25) is 0 Å². The molecule has 0 radical (unpaired) electrons. The fraction of sp³-hybridized carbons (Fsp3) is 0.458. The van der Waals surface area contributed by atoms with Gasteiger partial charge in [0, 0.05) is 30.9 Å². The van der Waals surface area contributed by atoms with Crippen molar-refractivity contribution in [2.24, 2.45) is 11.8 Å². The highest BCUT2D eigenvalue weighted by Crippen LogP contribution is 2.21. The quantitative estimate of drug-likeness (QED) is 0.607. The van der Waals surface area contributed by atoms with Gasteiger partial charge in [0.2, 0.25) is 0 Å². The molecule has 6 nitrogen and oxygen atoms in total. The molecule has 1 saturated heterocycles. The van der Waals surface area contributed by atoms with Crippen LogP contribution >= 0.6 is 0 Å². The Hall–Kier alpha value is -2.38. The number of anilines is 1. The molecule has 0 aliphatic carbocycles. The number of carbonyl (C=O) groups excluding carboxylic acids is 1. The number of piperidine rings is 1. The third kappa shape index (κ3) is 6.80. The van der Waals surface area contributed by atoms with Gasteiger partial charge in [-0.2, -0.15) is 0 Å². The van der Waals surface area contributed by atoms with Gasteiger partial charge in [0.05, 0.1) is 4.90 Å². The van der Waals surface area contributed by atoms with E-state index in [0.29, 0.717) is 17.8 Å². The van der Waals surface area contributed by atoms with Gasteiger partial charge in [-0.15, -0.1) is 0 Å². The van der Waals surface area contributed by atoms with Gasteiger partial charge >= 0.3 is 0 Å². The molecule has 2 N–H and O–H groups in total. The summed E-state index contributed by atoms with van der Waals surface area (Å²) < 4.78 is 27.5. The zero-order valence-electron chi connectivity index (χ0n) is 18.6. The molecule has 1 amide bonds. The number of hydrogen-bond acceptors (Lipinski definition) is 4. The van der Waals surface area contributed by atoms with E-state index in [1.54, 1.807) is 48.5 Å². The van der Waals surface area contributed by atoms with Crippen LogP contribution in [0, 0.1) is 18.8 Å². The van der Waals surface area contributed by atoms with Crippen LogP contribution < -0.4 is 10.0 Å². The Morgan fingerprint density at radius 2 is 1.61 bits per heavy atom. The van der Waals surface area contributed by atoms with Crippen LogP contribution in [0.5, 0.6) is 0 Å². The lowest BCUT2D eigenvalue weighted by molar-refractivity contribution is 0.0947. The van der Waals surface area contributed by atoms with Gasteiger partial charge < -0.3 is 10.2 Å². The van der Waals surface area contributed by atoms with E-state index in [1.165, 1.54) is 6.42 Å². The maximum Gasteiger partial charge on any atom is 0.261 e. The van der Waals surface area contributed by atoms with Crippen molar-refractivity contribution in [3.05, 3.63) is 59.7 Å². The first-order valence-corrected chi connectivity index (χ1v) is 12.4. The SMILES string of the molecule is Cc1ccc(S(=O)(=O)Nc2ccc(C(=O)NCCCN3C[C@@H](C)C[C@H](C)C3)cc2)cc1. The molecule has 2 atom stereocenters. The molecule has 2 aromatic carbocycles. The molecule has 0 spiro atoms. The van der Waals surface area contributed by atoms with E-state index in [-0.39, 0.29) is 10.8 Å². The zero-order chi connectivity index (χ0) is 22.4. The Morgan fingerprint density at radius 1 is 1.00 bits per heavy atom. The molecule has 1 aliphatic heterocycles. The third-order valence-corrected chi connectivity index (χ3v) is 7.01. The van der Waals surface area contributed by atoms with Crippen LogP contribution in [0.3, 0.4) is 0 Å². The van der Waals surface area contributed by atoms with Gasteiger partial charge in [0.15, 0.2) is 0 Å². The van der Waals surface area contributed by atoms with Crippen LogP contribution in [0.4, 0.5) is 5.69 Å². The van der Waals surface area contributed by atoms with Crippen LogP contribution in [-0.2, 0) is 10.0 Å². The lowest BCUT2D eigenvalue weighted by Crippen LogP contribution is -2.40. The molecular weight excluding hydrogens is 410 g/mol. The number of aryl methyl sites for hydroxylation is 1. The molecule has 2 aromatic rings. The average Bonchev–Trinajstić information content (AvgIpc) is 2.71. The number of nitrogens with zero attached hydrogens (tertiary/aromatic N) is 1. The summed E-state index contributed by atoms with van der Waals surface area (Å²) in [6.45, 7) is 10.4. The van der Waals surface area contributed by atoms with E-state index < -0.39 is 10.0 Å². The summed E-state index contributed by atoms with van der Waals surface area (Å²) in [6, 6.07) is 13.2. The predicted octanol–water partition coefficient (Wildman–Crippen LogP) is 3.89. The van der Waals surface area contributed by atoms with Crippen molar-refractivity contribution in [1.82, 2.24) is 10.2 Å². The summed E-state index contributed by atoms with van der Waals surface area (Å²) >= 11 is 0. The van der Waals surface area contributed by atoms with Crippen molar-refractivity contribution in [3.8, 4) is 0 Å². The van der Waals surface area contributed by atoms with Gasteiger partial charge in [-0.05, 0) is 74.5 Å². The Kier molecular flexibility index (Phi) is 7.73. The number of likely N-dealkylation sites (tertiary alicyclic amines) is 1. The van der Waals surface area contributed by atoms with Crippen LogP contribution in [0.1, 0.15) is 42.6 Å². The number of benzene rings is 2. The Bertz CT molecular complexity index is 962. The average molecular weight is 444 g/mol. The molecule has 31 heavy (non-hydrogen) atoms. The van der Waals surface area contributed by atoms with E-state index in [0.717, 1.165) is 43.5 Å². The lowest BCUT2D eigenvalue weighted by atomic mass is 9.92. The predicted molar refractivity (Wildman–Crippen MR) is 125 cm³/mol. The summed E-state index contributed by atoms with van der Waals surface area (Å²) in [5.74, 6) is 1.33. The van der Waals surface area contributed by atoms with Crippen molar-refractivity contribution in [3.63, 3.8) is 0 Å². The minimum absolute atomic E-state index is 0.145. The Balaban J connectivity index is 1.47. The Morgan fingerprint density at radius 3 is 2.23 bits per heavy atom. The second kappa shape index (κ2) is 10.3. The number of carbonyl (C=O) groups is 1. The smallest absolute Gasteiger partial charge is 0.261 e. The fourth-order valence-electron chi connectivity index (χ4n) is 4.20. The molecule has 1 aliphatic rings. The topological polar surface area (TPSA) is 78.5 Å². The first kappa shape index (κ1) is 23.3. The van der Waals surface area contributed by atoms with Gasteiger partial charge in [-0.25, -0.2) is 8.42 Å². The molecule has 1 fully saturated rings. The van der Waals surface area contributed by atoms with Crippen molar-refractivity contribution in [2.45, 2.75) is 38.5 Å². The summed E-state index contributed by atoms with van der Waals surface area (Å²) in [4.78, 5) is 15.1. The maximum absolute atomic E-state index is 12.5. The van der Waals surface area contributed by atoms with Crippen LogP contribution in [0.15, 0.2) is 53.4 Å². The molecule has 0 unspecified atom stereocenters. The van der Waals surface area contributed by atoms with E-state index in [2.05, 4.69) is 28.8 Å². The normalized spacial score (nSPS) is 19.7. The molecule has 3 rings (SSSR count). The van der Waals surface area contributed by atoms with Crippen LogP contribution in [-0.4, -0.2) is 45.4 Å². The number of rotatable bonds is 8. The molecular formula is C24H33N3O3S. The van der Waals surface area contributed by atoms with Crippen molar-refractivity contribution in [2.75, 3.05) is 30.9 Å². The fourth-order valence-corrected chi connectivity index (χ4v) is 5.26. The van der Waals surface area contributed by atoms with E-state index in [9.17, 15) is 13.2 Å². The van der Waals surface area contributed by atoms with E-state index in [1.807, 2.05) is 6.92 Å². The lowest BCUT2D eigenvalue weighted by Gasteiger charge is -2.34. The summed E-state index contributed by atoms with van der Waals surface area (Å²) in [6.07, 6.45) is 2.21. The molecule has 7 heteroatoms. The number of sulfonamides is 1. The highest BCUT2D eigenvalue weighted by molar-refractivity contribution is 7.92. The van der Waals surface area contributed by atoms with E-state index in [4.69, 9.17) is 0 Å². The first-order chi connectivity index (χ1) is 14.7. The highest BCUT2D eigenvalue weighted by atomic mass is 32.2. The molecule has 0 bridgehead atoms. The summed E-state index contributed by atoms with van der Waals surface area (Å²) in [5, 5.41) is 2.96. The maximum atomic E-state index is 12.5. The van der Waals surface area contributed by atoms with Crippen molar-refractivity contribution in [1.29, 1.82) is 0 Å².